The van der Waals surface area contributed by atoms with E-state index >= 15 is 0 Å². The maximum absolute atomic E-state index is 8.44. The topological polar surface area (TPSA) is 46.2 Å². The van der Waals surface area contributed by atoms with Gasteiger partial charge in [0.2, 0.25) is 0 Å². The highest BCUT2D eigenvalue weighted by Gasteiger charge is 1.88. The average molecular weight is 163 g/mol. The van der Waals surface area contributed by atoms with Gasteiger partial charge in [0.1, 0.15) is 0 Å². The molecule has 0 aromatic carbocycles. The summed E-state index contributed by atoms with van der Waals surface area (Å²) in [5, 5.41) is 13.7. The first-order chi connectivity index (χ1) is 4.91. The van der Waals surface area contributed by atoms with Gasteiger partial charge in [0, 0.05) is 12.4 Å². The van der Waals surface area contributed by atoms with Crippen LogP contribution in [0, 0.1) is 0 Å². The Kier molecular flexibility index (Phi) is 9.52. The summed E-state index contributed by atoms with van der Waals surface area (Å²) in [5.41, 5.74) is 0. The second kappa shape index (κ2) is 9.27. The zero-order chi connectivity index (χ0) is 7.66. The molecule has 2 nitrogen and oxygen atoms in total. The van der Waals surface area contributed by atoms with Crippen LogP contribution in [0.25, 0.3) is 0 Å². The minimum Gasteiger partial charge on any atom is -0.396 e. The van der Waals surface area contributed by atoms with E-state index in [9.17, 15) is 0 Å². The zero-order valence-electron chi connectivity index (χ0n) is 6.38. The maximum atomic E-state index is 8.44. The molecule has 0 aromatic rings. The predicted molar refractivity (Wildman–Crippen MR) is 46.8 cm³/mol. The van der Waals surface area contributed by atoms with Gasteiger partial charge in [-0.15, -0.1) is 0 Å². The van der Waals surface area contributed by atoms with Crippen molar-refractivity contribution in [2.75, 3.05) is 12.4 Å². The SMILES string of the molecule is NSCCCCCCCO. The molecule has 3 heteroatoms. The van der Waals surface area contributed by atoms with Crippen LogP contribution in [-0.4, -0.2) is 17.5 Å². The van der Waals surface area contributed by atoms with Gasteiger partial charge in [-0.2, -0.15) is 0 Å². The van der Waals surface area contributed by atoms with Gasteiger partial charge >= 0.3 is 0 Å². The van der Waals surface area contributed by atoms with Crippen molar-refractivity contribution in [1.82, 2.24) is 0 Å². The fraction of sp³-hybridized carbons (Fsp3) is 1.00. The summed E-state index contributed by atoms with van der Waals surface area (Å²) in [6, 6.07) is 0. The highest BCUT2D eigenvalue weighted by Crippen LogP contribution is 2.04. The Morgan fingerprint density at radius 2 is 1.60 bits per heavy atom. The Morgan fingerprint density at radius 1 is 1.00 bits per heavy atom. The lowest BCUT2D eigenvalue weighted by Gasteiger charge is -1.97. The quantitative estimate of drug-likeness (QED) is 0.442. The normalized spacial score (nSPS) is 10.2. The van der Waals surface area contributed by atoms with Crippen molar-refractivity contribution in [3.05, 3.63) is 0 Å². The number of hydrogen-bond donors (Lipinski definition) is 2. The Morgan fingerprint density at radius 3 is 2.20 bits per heavy atom. The van der Waals surface area contributed by atoms with E-state index in [4.69, 9.17) is 10.2 Å². The van der Waals surface area contributed by atoms with Crippen molar-refractivity contribution in [2.45, 2.75) is 32.1 Å². The Hall–Kier alpha value is 0.270. The van der Waals surface area contributed by atoms with Crippen molar-refractivity contribution < 1.29 is 5.11 Å². The van der Waals surface area contributed by atoms with Gasteiger partial charge in [0.05, 0.1) is 0 Å². The Labute approximate surface area is 67.3 Å². The van der Waals surface area contributed by atoms with Crippen LogP contribution < -0.4 is 5.14 Å². The van der Waals surface area contributed by atoms with Gasteiger partial charge in [-0.05, 0) is 12.8 Å². The molecule has 0 spiro atoms. The van der Waals surface area contributed by atoms with E-state index in [0.29, 0.717) is 6.61 Å². The number of hydrogen-bond acceptors (Lipinski definition) is 3. The number of aliphatic hydroxyl groups is 1. The first-order valence-electron chi connectivity index (χ1n) is 3.84. The first kappa shape index (κ1) is 10.3. The monoisotopic (exact) mass is 163 g/mol. The number of aliphatic hydroxyl groups excluding tert-OH is 1. The number of nitrogens with two attached hydrogens (primary N) is 1. The van der Waals surface area contributed by atoms with Crippen molar-refractivity contribution >= 4 is 11.9 Å². The van der Waals surface area contributed by atoms with Crippen molar-refractivity contribution in [2.24, 2.45) is 5.14 Å². The molecule has 0 saturated heterocycles. The molecule has 0 rings (SSSR count). The summed E-state index contributed by atoms with van der Waals surface area (Å²) in [6.07, 6.45) is 5.82. The molecule has 0 aliphatic rings. The summed E-state index contributed by atoms with van der Waals surface area (Å²) < 4.78 is 0. The van der Waals surface area contributed by atoms with E-state index in [1.807, 2.05) is 0 Å². The highest BCUT2D eigenvalue weighted by molar-refractivity contribution is 7.97. The zero-order valence-corrected chi connectivity index (χ0v) is 7.20. The third-order valence-corrected chi connectivity index (χ3v) is 1.94. The molecular formula is C7H17NOS. The second-order valence-electron chi connectivity index (χ2n) is 2.36. The van der Waals surface area contributed by atoms with Crippen LogP contribution in [0.5, 0.6) is 0 Å². The molecular weight excluding hydrogens is 146 g/mol. The first-order valence-corrected chi connectivity index (χ1v) is 4.89. The molecule has 0 bridgehead atoms. The van der Waals surface area contributed by atoms with Crippen molar-refractivity contribution in [1.29, 1.82) is 0 Å². The lowest BCUT2D eigenvalue weighted by atomic mass is 10.2. The minimum atomic E-state index is 0.339. The van der Waals surface area contributed by atoms with Gasteiger partial charge in [0.15, 0.2) is 0 Å². The van der Waals surface area contributed by atoms with Crippen LogP contribution >= 0.6 is 11.9 Å². The molecule has 0 unspecified atom stereocenters. The van der Waals surface area contributed by atoms with E-state index in [2.05, 4.69) is 0 Å². The number of rotatable bonds is 7. The third kappa shape index (κ3) is 8.27. The summed E-state index contributed by atoms with van der Waals surface area (Å²) in [4.78, 5) is 0. The molecule has 0 heterocycles. The van der Waals surface area contributed by atoms with Crippen LogP contribution in [0.3, 0.4) is 0 Å². The van der Waals surface area contributed by atoms with E-state index in [-0.39, 0.29) is 0 Å². The average Bonchev–Trinajstić information content (AvgIpc) is 1.97. The lowest BCUT2D eigenvalue weighted by Crippen LogP contribution is -1.87. The largest absolute Gasteiger partial charge is 0.396 e. The van der Waals surface area contributed by atoms with E-state index < -0.39 is 0 Å². The van der Waals surface area contributed by atoms with Gasteiger partial charge in [-0.1, -0.05) is 31.2 Å². The lowest BCUT2D eigenvalue weighted by molar-refractivity contribution is 0.282. The molecule has 3 N–H and O–H groups in total. The van der Waals surface area contributed by atoms with Crippen molar-refractivity contribution in [3.63, 3.8) is 0 Å². The molecule has 62 valence electrons. The maximum Gasteiger partial charge on any atom is 0.0431 e. The van der Waals surface area contributed by atoms with E-state index in [1.165, 1.54) is 31.2 Å². The fourth-order valence-electron chi connectivity index (χ4n) is 0.828. The van der Waals surface area contributed by atoms with Gasteiger partial charge in [-0.25, -0.2) is 0 Å². The Bertz CT molecular complexity index is 53.6. The van der Waals surface area contributed by atoms with Crippen LogP contribution in [0.4, 0.5) is 0 Å². The van der Waals surface area contributed by atoms with Crippen LogP contribution in [-0.2, 0) is 0 Å². The number of unbranched alkanes of at least 4 members (excludes halogenated alkanes) is 4. The minimum absolute atomic E-state index is 0.339. The Balaban J connectivity index is 2.65. The summed E-state index contributed by atoms with van der Waals surface area (Å²) >= 11 is 1.42. The smallest absolute Gasteiger partial charge is 0.0431 e. The predicted octanol–water partition coefficient (Wildman–Crippen LogP) is 1.54. The van der Waals surface area contributed by atoms with Crippen LogP contribution in [0.1, 0.15) is 32.1 Å². The standard InChI is InChI=1S/C7H17NOS/c8-10-7-5-3-1-2-4-6-9/h9H,1-8H2. The molecule has 0 aliphatic carbocycles. The molecule has 0 aromatic heterocycles. The van der Waals surface area contributed by atoms with Crippen LogP contribution in [0.15, 0.2) is 0 Å². The molecule has 0 atom stereocenters. The third-order valence-electron chi connectivity index (χ3n) is 1.42. The fourth-order valence-corrected chi connectivity index (χ4v) is 1.20. The van der Waals surface area contributed by atoms with Crippen LogP contribution in [0.2, 0.25) is 0 Å². The molecule has 0 aliphatic heterocycles. The van der Waals surface area contributed by atoms with Gasteiger partial charge < -0.3 is 5.11 Å². The molecule has 0 amide bonds. The molecule has 10 heavy (non-hydrogen) atoms. The summed E-state index contributed by atoms with van der Waals surface area (Å²) in [6.45, 7) is 0.339. The summed E-state index contributed by atoms with van der Waals surface area (Å²) in [7, 11) is 0. The highest BCUT2D eigenvalue weighted by atomic mass is 32.2. The second-order valence-corrected chi connectivity index (χ2v) is 3.10. The van der Waals surface area contributed by atoms with Gasteiger partial charge in [0.25, 0.3) is 0 Å². The van der Waals surface area contributed by atoms with Crippen molar-refractivity contribution in [3.8, 4) is 0 Å². The van der Waals surface area contributed by atoms with E-state index in [0.717, 1.165) is 18.6 Å². The molecule has 0 saturated carbocycles. The van der Waals surface area contributed by atoms with Gasteiger partial charge in [-0.3, -0.25) is 5.14 Å². The molecule has 0 fully saturated rings. The molecule has 0 radical (unpaired) electrons. The summed E-state index contributed by atoms with van der Waals surface area (Å²) in [5.74, 6) is 1.07. The van der Waals surface area contributed by atoms with E-state index in [1.54, 1.807) is 0 Å².